The van der Waals surface area contributed by atoms with Gasteiger partial charge in [-0.25, -0.2) is 0 Å². The van der Waals surface area contributed by atoms with Gasteiger partial charge in [0.25, 0.3) is 5.91 Å². The molecular formula is C14H22ClN3O3. The zero-order valence-electron chi connectivity index (χ0n) is 12.4. The molecule has 6 nitrogen and oxygen atoms in total. The molecule has 0 radical (unpaired) electrons. The normalized spacial score (nSPS) is 10.7. The monoisotopic (exact) mass is 315 g/mol. The Balaban J connectivity index is 2.84. The van der Waals surface area contributed by atoms with Crippen LogP contribution in [0.5, 0.6) is 11.5 Å². The van der Waals surface area contributed by atoms with Crippen LogP contribution in [0.2, 0.25) is 5.02 Å². The second-order valence-corrected chi connectivity index (χ2v) is 5.15. The largest absolute Gasteiger partial charge is 0.493 e. The molecular weight excluding hydrogens is 294 g/mol. The van der Waals surface area contributed by atoms with Crippen LogP contribution >= 0.6 is 11.6 Å². The van der Waals surface area contributed by atoms with Crippen molar-refractivity contribution in [2.24, 2.45) is 11.5 Å². The molecule has 0 atom stereocenters. The number of methoxy groups -OCH3 is 1. The van der Waals surface area contributed by atoms with Crippen LogP contribution in [0.4, 0.5) is 0 Å². The molecule has 118 valence electrons. The van der Waals surface area contributed by atoms with Gasteiger partial charge in [0.2, 0.25) is 0 Å². The molecule has 1 aromatic rings. The summed E-state index contributed by atoms with van der Waals surface area (Å²) in [6.45, 7) is 2.03. The van der Waals surface area contributed by atoms with Crippen molar-refractivity contribution in [3.63, 3.8) is 0 Å². The number of rotatable bonds is 9. The summed E-state index contributed by atoms with van der Waals surface area (Å²) < 4.78 is 10.5. The van der Waals surface area contributed by atoms with E-state index in [0.29, 0.717) is 29.6 Å². The van der Waals surface area contributed by atoms with Crippen LogP contribution in [-0.4, -0.2) is 44.7 Å². The van der Waals surface area contributed by atoms with Gasteiger partial charge in [-0.05, 0) is 44.3 Å². The van der Waals surface area contributed by atoms with Crippen LogP contribution in [0, 0.1) is 0 Å². The molecule has 1 amide bonds. The average molecular weight is 316 g/mol. The molecule has 4 N–H and O–H groups in total. The molecule has 0 saturated heterocycles. The Morgan fingerprint density at radius 1 is 1.43 bits per heavy atom. The van der Waals surface area contributed by atoms with E-state index in [4.69, 9.17) is 32.5 Å². The van der Waals surface area contributed by atoms with Gasteiger partial charge in [0, 0.05) is 6.54 Å². The van der Waals surface area contributed by atoms with Gasteiger partial charge in [-0.3, -0.25) is 4.79 Å². The van der Waals surface area contributed by atoms with Crippen molar-refractivity contribution in [3.8, 4) is 11.5 Å². The van der Waals surface area contributed by atoms with E-state index in [-0.39, 0.29) is 6.61 Å². The van der Waals surface area contributed by atoms with Crippen LogP contribution in [0.3, 0.4) is 0 Å². The molecule has 7 heteroatoms. The van der Waals surface area contributed by atoms with Crippen molar-refractivity contribution in [2.75, 3.05) is 33.9 Å². The summed E-state index contributed by atoms with van der Waals surface area (Å²) in [4.78, 5) is 12.9. The fraction of sp³-hybridized carbons (Fsp3) is 0.500. The number of carbonyl (C=O) groups is 1. The predicted octanol–water partition coefficient (Wildman–Crippen LogP) is 0.993. The molecule has 0 aliphatic heterocycles. The minimum absolute atomic E-state index is 0.244. The van der Waals surface area contributed by atoms with Gasteiger partial charge < -0.3 is 25.8 Å². The number of hydrogen-bond acceptors (Lipinski definition) is 5. The molecule has 0 aliphatic rings. The highest BCUT2D eigenvalue weighted by Gasteiger charge is 2.14. The summed E-state index contributed by atoms with van der Waals surface area (Å²) in [7, 11) is 3.53. The summed E-state index contributed by atoms with van der Waals surface area (Å²) in [6, 6.07) is 3.63. The van der Waals surface area contributed by atoms with Crippen molar-refractivity contribution >= 4 is 17.5 Å². The zero-order chi connectivity index (χ0) is 15.8. The van der Waals surface area contributed by atoms with Gasteiger partial charge >= 0.3 is 0 Å². The van der Waals surface area contributed by atoms with E-state index < -0.39 is 5.91 Å². The van der Waals surface area contributed by atoms with E-state index in [1.807, 2.05) is 13.1 Å². The van der Waals surface area contributed by atoms with Crippen LogP contribution < -0.4 is 20.9 Å². The quantitative estimate of drug-likeness (QED) is 0.709. The van der Waals surface area contributed by atoms with Gasteiger partial charge in [-0.2, -0.15) is 0 Å². The van der Waals surface area contributed by atoms with E-state index in [9.17, 15) is 4.79 Å². The molecule has 0 unspecified atom stereocenters. The Bertz CT molecular complexity index is 483. The molecule has 21 heavy (non-hydrogen) atoms. The summed E-state index contributed by atoms with van der Waals surface area (Å²) in [6.07, 6.45) is 0.932. The Morgan fingerprint density at radius 3 is 2.71 bits per heavy atom. The van der Waals surface area contributed by atoms with Gasteiger partial charge in [-0.15, -0.1) is 0 Å². The third kappa shape index (κ3) is 5.79. The van der Waals surface area contributed by atoms with E-state index in [1.54, 1.807) is 6.07 Å². The standard InChI is InChI=1S/C14H22ClN3O3/c1-18(5-3-4-16)8-10-6-11(15)14(12(7-10)20-2)21-9-13(17)19/h6-7H,3-5,8-9,16H2,1-2H3,(H2,17,19). The SMILES string of the molecule is COc1cc(CN(C)CCCN)cc(Cl)c1OCC(N)=O. The summed E-state index contributed by atoms with van der Waals surface area (Å²) in [5.74, 6) is 0.232. The third-order valence-electron chi connectivity index (χ3n) is 2.84. The van der Waals surface area contributed by atoms with Crippen LogP contribution in [0.15, 0.2) is 12.1 Å². The lowest BCUT2D eigenvalue weighted by atomic mass is 10.2. The topological polar surface area (TPSA) is 90.8 Å². The number of ether oxygens (including phenoxy) is 2. The summed E-state index contributed by atoms with van der Waals surface area (Å²) in [5.41, 5.74) is 11.5. The molecule has 0 bridgehead atoms. The van der Waals surface area contributed by atoms with Crippen LogP contribution in [0.25, 0.3) is 0 Å². The summed E-state index contributed by atoms with van der Waals surface area (Å²) >= 11 is 6.19. The molecule has 0 spiro atoms. The maximum absolute atomic E-state index is 10.8. The average Bonchev–Trinajstić information content (AvgIpc) is 2.43. The first-order valence-electron chi connectivity index (χ1n) is 6.64. The number of halogens is 1. The smallest absolute Gasteiger partial charge is 0.255 e. The van der Waals surface area contributed by atoms with Crippen molar-refractivity contribution in [3.05, 3.63) is 22.7 Å². The van der Waals surface area contributed by atoms with Gasteiger partial charge in [0.05, 0.1) is 12.1 Å². The molecule has 0 fully saturated rings. The Morgan fingerprint density at radius 2 is 2.14 bits per heavy atom. The fourth-order valence-corrected chi connectivity index (χ4v) is 2.19. The maximum Gasteiger partial charge on any atom is 0.255 e. The number of benzene rings is 1. The summed E-state index contributed by atoms with van der Waals surface area (Å²) in [5, 5.41) is 0.387. The molecule has 0 saturated carbocycles. The Labute approximate surface area is 129 Å². The van der Waals surface area contributed by atoms with Gasteiger partial charge in [0.15, 0.2) is 18.1 Å². The van der Waals surface area contributed by atoms with E-state index >= 15 is 0 Å². The highest BCUT2D eigenvalue weighted by Crippen LogP contribution is 2.36. The molecule has 1 rings (SSSR count). The first kappa shape index (κ1) is 17.6. The zero-order valence-corrected chi connectivity index (χ0v) is 13.2. The lowest BCUT2D eigenvalue weighted by molar-refractivity contribution is -0.119. The van der Waals surface area contributed by atoms with E-state index in [0.717, 1.165) is 18.5 Å². The number of nitrogens with zero attached hydrogens (tertiary/aromatic N) is 1. The molecule has 0 heterocycles. The second kappa shape index (κ2) is 8.71. The predicted molar refractivity (Wildman–Crippen MR) is 82.7 cm³/mol. The van der Waals surface area contributed by atoms with Gasteiger partial charge in [-0.1, -0.05) is 11.6 Å². The lowest BCUT2D eigenvalue weighted by Gasteiger charge is -2.18. The number of primary amides is 1. The van der Waals surface area contributed by atoms with Crippen molar-refractivity contribution in [1.29, 1.82) is 0 Å². The minimum Gasteiger partial charge on any atom is -0.493 e. The van der Waals surface area contributed by atoms with Crippen molar-refractivity contribution in [2.45, 2.75) is 13.0 Å². The van der Waals surface area contributed by atoms with Crippen LogP contribution in [-0.2, 0) is 11.3 Å². The Hall–Kier alpha value is -1.50. The minimum atomic E-state index is -0.571. The number of carbonyl (C=O) groups excluding carboxylic acids is 1. The third-order valence-corrected chi connectivity index (χ3v) is 3.13. The molecule has 0 aliphatic carbocycles. The lowest BCUT2D eigenvalue weighted by Crippen LogP contribution is -2.22. The first-order valence-corrected chi connectivity index (χ1v) is 7.01. The first-order chi connectivity index (χ1) is 9.97. The van der Waals surface area contributed by atoms with Crippen molar-refractivity contribution in [1.82, 2.24) is 4.90 Å². The second-order valence-electron chi connectivity index (χ2n) is 4.74. The number of hydrogen-bond donors (Lipinski definition) is 2. The maximum atomic E-state index is 10.8. The highest BCUT2D eigenvalue weighted by atomic mass is 35.5. The fourth-order valence-electron chi connectivity index (χ4n) is 1.90. The molecule has 0 aromatic heterocycles. The number of amides is 1. The Kier molecular flexibility index (Phi) is 7.28. The van der Waals surface area contributed by atoms with Crippen LogP contribution in [0.1, 0.15) is 12.0 Å². The van der Waals surface area contributed by atoms with Gasteiger partial charge in [0.1, 0.15) is 0 Å². The van der Waals surface area contributed by atoms with E-state index in [1.165, 1.54) is 7.11 Å². The number of nitrogens with two attached hydrogens (primary N) is 2. The van der Waals surface area contributed by atoms with E-state index in [2.05, 4.69) is 4.90 Å². The molecule has 1 aromatic carbocycles. The highest BCUT2D eigenvalue weighted by molar-refractivity contribution is 6.32. The van der Waals surface area contributed by atoms with Crippen molar-refractivity contribution < 1.29 is 14.3 Å².